The lowest BCUT2D eigenvalue weighted by atomic mass is 10.0. The molecular formula is C14H27NO10S3. The predicted molar refractivity (Wildman–Crippen MR) is 103 cm³/mol. The van der Waals surface area contributed by atoms with Crippen molar-refractivity contribution in [3.05, 3.63) is 0 Å². The standard InChI is InChI=1S/C14H27NO10S3/c1-27(20)7-5-3-2-4-6-10(15-25-28(21,22)23)26-14-13(19)12(18)11(17)9(8-16)24-14/h9,11-14,16-19H,2-8H2,1H3,(H,21,22,23)/b15-10-. The minimum atomic E-state index is -4.82. The second-order valence-electron chi connectivity index (χ2n) is 6.24. The van der Waals surface area contributed by atoms with E-state index in [4.69, 9.17) is 9.29 Å². The summed E-state index contributed by atoms with van der Waals surface area (Å²) in [6, 6.07) is 0. The second kappa shape index (κ2) is 12.4. The molecule has 0 bridgehead atoms. The van der Waals surface area contributed by atoms with E-state index >= 15 is 0 Å². The minimum Gasteiger partial charge on any atom is -0.394 e. The Hall–Kier alpha value is -0.320. The van der Waals surface area contributed by atoms with Crippen LogP contribution in [0.3, 0.4) is 0 Å². The van der Waals surface area contributed by atoms with Crippen LogP contribution in [0.2, 0.25) is 0 Å². The van der Waals surface area contributed by atoms with Crippen LogP contribution in [0.4, 0.5) is 0 Å². The minimum absolute atomic E-state index is 0.0704. The maximum absolute atomic E-state index is 11.0. The Bertz CT molecular complexity index is 627. The van der Waals surface area contributed by atoms with Crippen molar-refractivity contribution < 1.29 is 46.6 Å². The van der Waals surface area contributed by atoms with Crippen LogP contribution >= 0.6 is 11.8 Å². The lowest BCUT2D eigenvalue weighted by Gasteiger charge is -2.39. The van der Waals surface area contributed by atoms with Gasteiger partial charge in [0.15, 0.2) is 0 Å². The van der Waals surface area contributed by atoms with Crippen molar-refractivity contribution in [1.29, 1.82) is 0 Å². The highest BCUT2D eigenvalue weighted by atomic mass is 32.3. The molecule has 6 atom stereocenters. The molecule has 0 saturated carbocycles. The van der Waals surface area contributed by atoms with Crippen molar-refractivity contribution >= 4 is 38.0 Å². The first-order valence-corrected chi connectivity index (χ1v) is 12.5. The topological polar surface area (TPSA) is 183 Å². The smallest absolute Gasteiger partial charge is 0.394 e. The summed E-state index contributed by atoms with van der Waals surface area (Å²) in [5.41, 5.74) is -1.15. The summed E-state index contributed by atoms with van der Waals surface area (Å²) in [5, 5.41) is 42.3. The number of rotatable bonds is 11. The Balaban J connectivity index is 2.70. The lowest BCUT2D eigenvalue weighted by Crippen LogP contribution is -2.57. The average molecular weight is 466 g/mol. The van der Waals surface area contributed by atoms with E-state index in [-0.39, 0.29) is 11.5 Å². The second-order valence-corrected chi connectivity index (χ2v) is 9.97. The highest BCUT2D eigenvalue weighted by Gasteiger charge is 2.44. The third-order valence-electron chi connectivity index (χ3n) is 3.91. The Morgan fingerprint density at radius 3 is 2.36 bits per heavy atom. The number of aliphatic hydroxyl groups excluding tert-OH is 4. The van der Waals surface area contributed by atoms with Gasteiger partial charge in [-0.15, -0.1) is 0 Å². The zero-order chi connectivity index (χ0) is 21.3. The highest BCUT2D eigenvalue weighted by Crippen LogP contribution is 2.30. The molecule has 0 radical (unpaired) electrons. The van der Waals surface area contributed by atoms with E-state index in [0.717, 1.165) is 31.0 Å². The molecule has 0 aromatic rings. The van der Waals surface area contributed by atoms with Crippen molar-refractivity contribution in [2.45, 2.75) is 62.0 Å². The van der Waals surface area contributed by atoms with Crippen molar-refractivity contribution in [2.24, 2.45) is 5.16 Å². The van der Waals surface area contributed by atoms with Crippen LogP contribution in [0.25, 0.3) is 0 Å². The van der Waals surface area contributed by atoms with Crippen LogP contribution in [0.1, 0.15) is 32.1 Å². The number of unbranched alkanes of at least 4 members (excludes halogenated alkanes) is 3. The van der Waals surface area contributed by atoms with E-state index in [1.165, 1.54) is 0 Å². The molecule has 11 nitrogen and oxygen atoms in total. The van der Waals surface area contributed by atoms with Gasteiger partial charge < -0.3 is 25.2 Å². The molecule has 1 aliphatic heterocycles. The van der Waals surface area contributed by atoms with Crippen LogP contribution < -0.4 is 0 Å². The van der Waals surface area contributed by atoms with Gasteiger partial charge in [-0.05, 0) is 19.3 Å². The summed E-state index contributed by atoms with van der Waals surface area (Å²) in [5.74, 6) is 0.590. The number of nitrogens with zero attached hydrogens (tertiary/aromatic N) is 1. The molecule has 1 aliphatic rings. The first-order valence-electron chi connectivity index (χ1n) is 8.55. The molecule has 166 valence electrons. The van der Waals surface area contributed by atoms with Crippen LogP contribution in [0, 0.1) is 0 Å². The molecule has 28 heavy (non-hydrogen) atoms. The molecule has 0 spiro atoms. The van der Waals surface area contributed by atoms with E-state index in [1.54, 1.807) is 6.26 Å². The fourth-order valence-corrected chi connectivity index (χ4v) is 4.40. The molecule has 0 amide bonds. The maximum Gasteiger partial charge on any atom is 0.466 e. The Labute approximate surface area is 170 Å². The van der Waals surface area contributed by atoms with E-state index in [2.05, 4.69) is 9.44 Å². The molecule has 6 unspecified atom stereocenters. The molecule has 0 aliphatic carbocycles. The van der Waals surface area contributed by atoms with Gasteiger partial charge in [0.2, 0.25) is 0 Å². The van der Waals surface area contributed by atoms with Crippen LogP contribution in [-0.2, 0) is 30.2 Å². The van der Waals surface area contributed by atoms with Crippen molar-refractivity contribution in [1.82, 2.24) is 0 Å². The molecule has 14 heteroatoms. The maximum atomic E-state index is 11.0. The van der Waals surface area contributed by atoms with Crippen LogP contribution in [0.15, 0.2) is 5.16 Å². The number of hydrogen-bond donors (Lipinski definition) is 5. The van der Waals surface area contributed by atoms with Gasteiger partial charge in [-0.2, -0.15) is 8.42 Å². The SMILES string of the molecule is CS(=O)CCCCCC/C(=N/OS(=O)(=O)O)SC1OC(CO)C(O)C(O)C1O. The fraction of sp³-hybridized carbons (Fsp3) is 0.929. The monoisotopic (exact) mass is 465 g/mol. The summed E-state index contributed by atoms with van der Waals surface area (Å²) < 4.78 is 50.6. The number of aliphatic hydroxyl groups is 4. The predicted octanol–water partition coefficient (Wildman–Crippen LogP) is -1.02. The number of thioether (sulfide) groups is 1. The average Bonchev–Trinajstić information content (AvgIpc) is 2.61. The summed E-state index contributed by atoms with van der Waals surface area (Å²) >= 11 is 0.754. The molecule has 1 fully saturated rings. The zero-order valence-electron chi connectivity index (χ0n) is 15.3. The van der Waals surface area contributed by atoms with Crippen molar-refractivity contribution in [3.8, 4) is 0 Å². The van der Waals surface area contributed by atoms with Gasteiger partial charge in [0, 0.05) is 22.8 Å². The quantitative estimate of drug-likeness (QED) is 0.0827. The normalized spacial score (nSPS) is 30.2. The van der Waals surface area contributed by atoms with Gasteiger partial charge in [0.1, 0.15) is 34.9 Å². The van der Waals surface area contributed by atoms with E-state index in [9.17, 15) is 33.1 Å². The third-order valence-corrected chi connectivity index (χ3v) is 6.21. The van der Waals surface area contributed by atoms with Gasteiger partial charge in [-0.3, -0.25) is 8.76 Å². The molecule has 1 heterocycles. The fourth-order valence-electron chi connectivity index (χ4n) is 2.45. The van der Waals surface area contributed by atoms with Crippen LogP contribution in [0.5, 0.6) is 0 Å². The Morgan fingerprint density at radius 2 is 1.79 bits per heavy atom. The van der Waals surface area contributed by atoms with E-state index in [0.29, 0.717) is 12.2 Å². The van der Waals surface area contributed by atoms with Crippen molar-refractivity contribution in [3.63, 3.8) is 0 Å². The summed E-state index contributed by atoms with van der Waals surface area (Å²) in [4.78, 5) is 0. The third kappa shape index (κ3) is 9.45. The summed E-state index contributed by atoms with van der Waals surface area (Å²) in [6.45, 7) is -0.602. The molecular weight excluding hydrogens is 438 g/mol. The summed E-state index contributed by atoms with van der Waals surface area (Å²) in [6.07, 6.45) is -1.02. The van der Waals surface area contributed by atoms with Gasteiger partial charge in [-0.25, -0.2) is 4.28 Å². The number of hydrogen-bond acceptors (Lipinski definition) is 11. The molecule has 1 saturated heterocycles. The van der Waals surface area contributed by atoms with E-state index < -0.39 is 57.7 Å². The van der Waals surface area contributed by atoms with Gasteiger partial charge in [-0.1, -0.05) is 29.8 Å². The molecule has 5 N–H and O–H groups in total. The molecule has 1 rings (SSSR count). The first kappa shape index (κ1) is 25.7. The zero-order valence-corrected chi connectivity index (χ0v) is 17.7. The Morgan fingerprint density at radius 1 is 1.14 bits per heavy atom. The van der Waals surface area contributed by atoms with Gasteiger partial charge >= 0.3 is 10.4 Å². The van der Waals surface area contributed by atoms with E-state index in [1.807, 2.05) is 0 Å². The first-order chi connectivity index (χ1) is 13.0. The summed E-state index contributed by atoms with van der Waals surface area (Å²) in [7, 11) is -5.69. The largest absolute Gasteiger partial charge is 0.466 e. The molecule has 0 aromatic carbocycles. The molecule has 0 aromatic heterocycles. The number of ether oxygens (including phenoxy) is 1. The highest BCUT2D eigenvalue weighted by molar-refractivity contribution is 8.14. The number of oxime groups is 1. The lowest BCUT2D eigenvalue weighted by molar-refractivity contribution is -0.205. The van der Waals surface area contributed by atoms with Gasteiger partial charge in [0.25, 0.3) is 0 Å². The Kier molecular flexibility index (Phi) is 11.4. The van der Waals surface area contributed by atoms with Gasteiger partial charge in [0.05, 0.1) is 6.61 Å². The van der Waals surface area contributed by atoms with Crippen molar-refractivity contribution in [2.75, 3.05) is 18.6 Å². The van der Waals surface area contributed by atoms with Crippen LogP contribution in [-0.4, -0.2) is 91.1 Å².